The maximum Gasteiger partial charge on any atom is 0.274 e. The molecule has 1 aromatic carbocycles. The van der Waals surface area contributed by atoms with Gasteiger partial charge in [-0.3, -0.25) is 9.78 Å². The van der Waals surface area contributed by atoms with Gasteiger partial charge in [0, 0.05) is 19.6 Å². The van der Waals surface area contributed by atoms with E-state index >= 15 is 0 Å². The normalized spacial score (nSPS) is 14.2. The lowest BCUT2D eigenvalue weighted by Crippen LogP contribution is -2.28. The molecule has 0 atom stereocenters. The molecule has 24 heavy (non-hydrogen) atoms. The molecule has 1 N–H and O–H groups in total. The van der Waals surface area contributed by atoms with Crippen molar-refractivity contribution in [1.29, 1.82) is 0 Å². The first kappa shape index (κ1) is 14.9. The van der Waals surface area contributed by atoms with Crippen LogP contribution in [0.5, 0.6) is 0 Å². The van der Waals surface area contributed by atoms with Gasteiger partial charge >= 0.3 is 0 Å². The summed E-state index contributed by atoms with van der Waals surface area (Å²) in [5.74, 6) is 0.551. The lowest BCUT2D eigenvalue weighted by Gasteiger charge is -2.14. The third-order valence-electron chi connectivity index (χ3n) is 4.04. The van der Waals surface area contributed by atoms with E-state index in [1.165, 1.54) is 17.9 Å². The number of hydrogen-bond donors (Lipinski definition) is 1. The monoisotopic (exact) mass is 340 g/mol. The van der Waals surface area contributed by atoms with Gasteiger partial charge in [0.15, 0.2) is 0 Å². The molecule has 2 aromatic heterocycles. The highest BCUT2D eigenvalue weighted by Crippen LogP contribution is 2.15. The van der Waals surface area contributed by atoms with Crippen molar-refractivity contribution in [2.75, 3.05) is 18.4 Å². The van der Waals surface area contributed by atoms with Crippen molar-refractivity contribution in [3.8, 4) is 0 Å². The summed E-state index contributed by atoms with van der Waals surface area (Å²) in [5.41, 5.74) is 3.26. The zero-order valence-electron chi connectivity index (χ0n) is 13.0. The fourth-order valence-corrected chi connectivity index (χ4v) is 3.28. The molecular weight excluding hydrogens is 324 g/mol. The number of aromatic nitrogens is 4. The molecule has 0 radical (unpaired) electrons. The van der Waals surface area contributed by atoms with Crippen LogP contribution >= 0.6 is 11.7 Å². The number of fused-ring (bicyclic) bond motifs is 1. The number of likely N-dealkylation sites (tertiary alicyclic amines) is 1. The van der Waals surface area contributed by atoms with E-state index in [2.05, 4.69) is 24.0 Å². The summed E-state index contributed by atoms with van der Waals surface area (Å²) in [6.45, 7) is 2.20. The molecule has 3 heterocycles. The molecule has 1 saturated heterocycles. The fourth-order valence-electron chi connectivity index (χ4n) is 2.77. The van der Waals surface area contributed by atoms with Crippen molar-refractivity contribution in [2.24, 2.45) is 0 Å². The second-order valence-corrected chi connectivity index (χ2v) is 6.26. The molecule has 0 spiro atoms. The summed E-state index contributed by atoms with van der Waals surface area (Å²) in [5, 5.41) is 3.21. The van der Waals surface area contributed by atoms with E-state index in [-0.39, 0.29) is 5.91 Å². The molecule has 7 nitrogen and oxygen atoms in total. The van der Waals surface area contributed by atoms with Crippen molar-refractivity contribution in [3.05, 3.63) is 41.9 Å². The van der Waals surface area contributed by atoms with Gasteiger partial charge in [-0.15, -0.1) is 0 Å². The molecule has 8 heteroatoms. The summed E-state index contributed by atoms with van der Waals surface area (Å²) in [6.07, 6.45) is 5.28. The number of carbonyl (C=O) groups is 1. The largest absolute Gasteiger partial charge is 0.365 e. The summed E-state index contributed by atoms with van der Waals surface area (Å²) in [4.78, 5) is 22.7. The Hall–Kier alpha value is -2.61. The molecule has 122 valence electrons. The number of amides is 1. The Bertz CT molecular complexity index is 874. The summed E-state index contributed by atoms with van der Waals surface area (Å²) in [6, 6.07) is 5.96. The van der Waals surface area contributed by atoms with Gasteiger partial charge in [-0.2, -0.15) is 8.75 Å². The maximum atomic E-state index is 12.4. The summed E-state index contributed by atoms with van der Waals surface area (Å²) >= 11 is 1.21. The van der Waals surface area contributed by atoms with Gasteiger partial charge in [0.1, 0.15) is 22.5 Å². The molecule has 1 fully saturated rings. The van der Waals surface area contributed by atoms with Crippen LogP contribution in [0.4, 0.5) is 5.82 Å². The Kier molecular flexibility index (Phi) is 4.04. The molecule has 0 bridgehead atoms. The van der Waals surface area contributed by atoms with Crippen LogP contribution in [0.15, 0.2) is 30.6 Å². The second kappa shape index (κ2) is 6.48. The first-order valence-corrected chi connectivity index (χ1v) is 8.59. The Morgan fingerprint density at radius 2 is 2.00 bits per heavy atom. The first-order valence-electron chi connectivity index (χ1n) is 7.86. The molecule has 0 aliphatic carbocycles. The molecule has 1 aliphatic rings. The topological polar surface area (TPSA) is 83.9 Å². The number of nitrogens with one attached hydrogen (secondary N) is 1. The molecule has 0 unspecified atom stereocenters. The zero-order chi connectivity index (χ0) is 16.4. The van der Waals surface area contributed by atoms with E-state index in [1.54, 1.807) is 6.20 Å². The van der Waals surface area contributed by atoms with Crippen LogP contribution in [0.3, 0.4) is 0 Å². The minimum Gasteiger partial charge on any atom is -0.365 e. The lowest BCUT2D eigenvalue weighted by molar-refractivity contribution is 0.0786. The highest BCUT2D eigenvalue weighted by atomic mass is 32.1. The van der Waals surface area contributed by atoms with Crippen LogP contribution in [0, 0.1) is 0 Å². The van der Waals surface area contributed by atoms with Crippen LogP contribution in [0.2, 0.25) is 0 Å². The van der Waals surface area contributed by atoms with E-state index in [1.807, 2.05) is 23.1 Å². The van der Waals surface area contributed by atoms with Gasteiger partial charge < -0.3 is 10.2 Å². The minimum atomic E-state index is -0.0429. The van der Waals surface area contributed by atoms with E-state index in [0.29, 0.717) is 18.1 Å². The smallest absolute Gasteiger partial charge is 0.274 e. The fraction of sp³-hybridized carbons (Fsp3) is 0.312. The third kappa shape index (κ3) is 3.05. The van der Waals surface area contributed by atoms with E-state index in [9.17, 15) is 4.79 Å². The highest BCUT2D eigenvalue weighted by Gasteiger charge is 2.21. The van der Waals surface area contributed by atoms with Crippen molar-refractivity contribution < 1.29 is 4.79 Å². The predicted octanol–water partition coefficient (Wildman–Crippen LogP) is 2.33. The first-order chi connectivity index (χ1) is 11.8. The van der Waals surface area contributed by atoms with E-state index in [0.717, 1.165) is 42.5 Å². The Labute approximate surface area is 143 Å². The van der Waals surface area contributed by atoms with Crippen molar-refractivity contribution in [2.45, 2.75) is 19.4 Å². The highest BCUT2D eigenvalue weighted by molar-refractivity contribution is 7.00. The van der Waals surface area contributed by atoms with Gasteiger partial charge in [-0.1, -0.05) is 6.07 Å². The van der Waals surface area contributed by atoms with Crippen LogP contribution in [-0.4, -0.2) is 42.6 Å². The van der Waals surface area contributed by atoms with Gasteiger partial charge in [0.2, 0.25) is 0 Å². The molecule has 3 aromatic rings. The van der Waals surface area contributed by atoms with Gasteiger partial charge in [0.05, 0.1) is 24.1 Å². The van der Waals surface area contributed by atoms with E-state index < -0.39 is 0 Å². The third-order valence-corrected chi connectivity index (χ3v) is 4.60. The van der Waals surface area contributed by atoms with Gasteiger partial charge in [-0.05, 0) is 30.5 Å². The molecule has 1 aliphatic heterocycles. The standard InChI is InChI=1S/C16H16N6OS/c23-16(22-5-1-2-6-22)14-9-17-10-15(19-14)18-8-11-3-4-12-13(7-11)21-24-20-12/h3-4,7,9-10H,1-2,5-6,8H2,(H,18,19). The molecule has 4 rings (SSSR count). The van der Waals surface area contributed by atoms with Crippen LogP contribution < -0.4 is 5.32 Å². The average Bonchev–Trinajstić information content (AvgIpc) is 3.30. The number of hydrogen-bond acceptors (Lipinski definition) is 7. The minimum absolute atomic E-state index is 0.0429. The van der Waals surface area contributed by atoms with Crippen molar-refractivity contribution in [3.63, 3.8) is 0 Å². The number of rotatable bonds is 4. The quantitative estimate of drug-likeness (QED) is 0.785. The van der Waals surface area contributed by atoms with Crippen molar-refractivity contribution >= 4 is 34.5 Å². The molecule has 1 amide bonds. The zero-order valence-corrected chi connectivity index (χ0v) is 13.8. The van der Waals surface area contributed by atoms with Crippen LogP contribution in [0.1, 0.15) is 28.9 Å². The number of anilines is 1. The SMILES string of the molecule is O=C(c1cncc(NCc2ccc3nsnc3c2)n1)N1CCCC1. The van der Waals surface area contributed by atoms with E-state index in [4.69, 9.17) is 0 Å². The molecular formula is C16H16N6OS. The summed E-state index contributed by atoms with van der Waals surface area (Å²) < 4.78 is 8.43. The second-order valence-electron chi connectivity index (χ2n) is 5.73. The van der Waals surface area contributed by atoms with Crippen molar-refractivity contribution in [1.82, 2.24) is 23.6 Å². The van der Waals surface area contributed by atoms with Gasteiger partial charge in [0.25, 0.3) is 5.91 Å². The Morgan fingerprint density at radius 1 is 1.17 bits per heavy atom. The average molecular weight is 340 g/mol. The van der Waals surface area contributed by atoms with Crippen LogP contribution in [-0.2, 0) is 6.54 Å². The summed E-state index contributed by atoms with van der Waals surface area (Å²) in [7, 11) is 0. The number of nitrogens with zero attached hydrogens (tertiary/aromatic N) is 5. The lowest BCUT2D eigenvalue weighted by atomic mass is 10.2. The number of benzene rings is 1. The number of carbonyl (C=O) groups excluding carboxylic acids is 1. The predicted molar refractivity (Wildman–Crippen MR) is 91.9 cm³/mol. The van der Waals surface area contributed by atoms with Gasteiger partial charge in [-0.25, -0.2) is 4.98 Å². The Morgan fingerprint density at radius 3 is 2.88 bits per heavy atom. The Balaban J connectivity index is 1.46. The maximum absolute atomic E-state index is 12.4. The molecule has 0 saturated carbocycles. The van der Waals surface area contributed by atoms with Crippen LogP contribution in [0.25, 0.3) is 11.0 Å².